The third-order valence-electron chi connectivity index (χ3n) is 4.23. The highest BCUT2D eigenvalue weighted by molar-refractivity contribution is 5.85. The number of rotatable bonds is 1. The van der Waals surface area contributed by atoms with Gasteiger partial charge in [0.25, 0.3) is 0 Å². The zero-order chi connectivity index (χ0) is 13.5. The Bertz CT molecular complexity index is 776. The van der Waals surface area contributed by atoms with Gasteiger partial charge in [-0.3, -0.25) is 0 Å². The molecule has 0 amide bonds. The van der Waals surface area contributed by atoms with E-state index in [1.807, 2.05) is 18.2 Å². The third kappa shape index (κ3) is 1.63. The SMILES string of the molecule is Oc1ccccc1[C@H]1[NH2+]CCc2c1[nH]c1ccccc21. The molecule has 4 N–H and O–H groups in total. The van der Waals surface area contributed by atoms with E-state index in [1.165, 1.54) is 22.2 Å². The number of phenols is 1. The number of aromatic hydroxyl groups is 1. The maximum Gasteiger partial charge on any atom is 0.156 e. The number of aromatic nitrogens is 1. The minimum atomic E-state index is 0.160. The number of quaternary nitrogens is 1. The van der Waals surface area contributed by atoms with Crippen LogP contribution >= 0.6 is 0 Å². The smallest absolute Gasteiger partial charge is 0.156 e. The summed E-state index contributed by atoms with van der Waals surface area (Å²) in [5, 5.41) is 13.7. The topological polar surface area (TPSA) is 52.6 Å². The molecule has 0 bridgehead atoms. The Labute approximate surface area is 117 Å². The van der Waals surface area contributed by atoms with E-state index in [9.17, 15) is 5.11 Å². The summed E-state index contributed by atoms with van der Waals surface area (Å²) in [5.41, 5.74) is 4.81. The van der Waals surface area contributed by atoms with Gasteiger partial charge in [0, 0.05) is 17.3 Å². The van der Waals surface area contributed by atoms with E-state index in [-0.39, 0.29) is 6.04 Å². The monoisotopic (exact) mass is 265 g/mol. The van der Waals surface area contributed by atoms with Gasteiger partial charge in [-0.05, 0) is 23.8 Å². The molecule has 0 fully saturated rings. The Kier molecular flexibility index (Phi) is 2.54. The van der Waals surface area contributed by atoms with Crippen molar-refractivity contribution in [2.45, 2.75) is 12.5 Å². The summed E-state index contributed by atoms with van der Waals surface area (Å²) in [6.07, 6.45) is 1.07. The molecule has 100 valence electrons. The fourth-order valence-corrected chi connectivity index (χ4v) is 3.30. The van der Waals surface area contributed by atoms with E-state index < -0.39 is 0 Å². The first kappa shape index (κ1) is 11.6. The van der Waals surface area contributed by atoms with Crippen molar-refractivity contribution in [1.29, 1.82) is 0 Å². The van der Waals surface area contributed by atoms with Crippen LogP contribution in [0.1, 0.15) is 22.9 Å². The zero-order valence-corrected chi connectivity index (χ0v) is 11.1. The van der Waals surface area contributed by atoms with E-state index in [2.05, 4.69) is 34.6 Å². The van der Waals surface area contributed by atoms with Crippen LogP contribution in [0.2, 0.25) is 0 Å². The minimum Gasteiger partial charge on any atom is -0.507 e. The van der Waals surface area contributed by atoms with Crippen molar-refractivity contribution in [3.8, 4) is 5.75 Å². The number of hydrogen-bond donors (Lipinski definition) is 3. The van der Waals surface area contributed by atoms with Gasteiger partial charge in [0.15, 0.2) is 6.04 Å². The van der Waals surface area contributed by atoms with E-state index in [4.69, 9.17) is 0 Å². The Hall–Kier alpha value is -2.26. The molecule has 0 unspecified atom stereocenters. The number of nitrogens with two attached hydrogens (primary N) is 1. The van der Waals surface area contributed by atoms with Crippen LogP contribution in [0.25, 0.3) is 10.9 Å². The average molecular weight is 265 g/mol. The molecule has 4 rings (SSSR count). The number of benzene rings is 2. The first-order valence-electron chi connectivity index (χ1n) is 7.05. The van der Waals surface area contributed by atoms with Gasteiger partial charge in [0.05, 0.1) is 17.8 Å². The Morgan fingerprint density at radius 2 is 1.85 bits per heavy atom. The standard InChI is InChI=1S/C17H16N2O/c20-15-8-4-2-6-13(15)16-17-12(9-10-18-16)11-5-1-3-7-14(11)19-17/h1-8,16,18-20H,9-10H2/p+1/t16-/m1/s1. The van der Waals surface area contributed by atoms with Gasteiger partial charge in [-0.1, -0.05) is 30.3 Å². The van der Waals surface area contributed by atoms with E-state index in [0.29, 0.717) is 5.75 Å². The molecule has 1 atom stereocenters. The first-order valence-corrected chi connectivity index (χ1v) is 7.05. The molecule has 20 heavy (non-hydrogen) atoms. The second kappa shape index (κ2) is 4.39. The van der Waals surface area contributed by atoms with Crippen LogP contribution in [0.15, 0.2) is 48.5 Å². The third-order valence-corrected chi connectivity index (χ3v) is 4.23. The average Bonchev–Trinajstić information content (AvgIpc) is 2.86. The van der Waals surface area contributed by atoms with Gasteiger partial charge in [0.1, 0.15) is 5.75 Å². The molecule has 2 aromatic carbocycles. The molecule has 2 heterocycles. The molecule has 0 saturated heterocycles. The fraction of sp³-hybridized carbons (Fsp3) is 0.176. The van der Waals surface area contributed by atoms with Crippen LogP contribution in [0, 0.1) is 0 Å². The van der Waals surface area contributed by atoms with Crippen LogP contribution in [0.5, 0.6) is 5.75 Å². The van der Waals surface area contributed by atoms with E-state index in [1.54, 1.807) is 6.07 Å². The molecule has 1 aliphatic rings. The number of H-pyrrole nitrogens is 1. The second-order valence-electron chi connectivity index (χ2n) is 5.37. The van der Waals surface area contributed by atoms with Crippen LogP contribution in [0.3, 0.4) is 0 Å². The molecule has 1 aromatic heterocycles. The largest absolute Gasteiger partial charge is 0.507 e. The van der Waals surface area contributed by atoms with Crippen LogP contribution in [0.4, 0.5) is 0 Å². The minimum absolute atomic E-state index is 0.160. The highest BCUT2D eigenvalue weighted by Crippen LogP contribution is 2.33. The molecule has 3 heteroatoms. The van der Waals surface area contributed by atoms with Crippen molar-refractivity contribution in [3.05, 3.63) is 65.4 Å². The molecule has 3 aromatic rings. The fourth-order valence-electron chi connectivity index (χ4n) is 3.30. The summed E-state index contributed by atoms with van der Waals surface area (Å²) in [5.74, 6) is 0.375. The molecule has 0 aliphatic carbocycles. The Morgan fingerprint density at radius 3 is 2.75 bits per heavy atom. The number of phenolic OH excluding ortho intramolecular Hbond substituents is 1. The molecule has 3 nitrogen and oxygen atoms in total. The van der Waals surface area contributed by atoms with E-state index in [0.717, 1.165) is 18.5 Å². The highest BCUT2D eigenvalue weighted by Gasteiger charge is 2.29. The predicted molar refractivity (Wildman–Crippen MR) is 78.7 cm³/mol. The normalized spacial score (nSPS) is 18.1. The second-order valence-corrected chi connectivity index (χ2v) is 5.37. The lowest BCUT2D eigenvalue weighted by Gasteiger charge is -2.22. The van der Waals surface area contributed by atoms with Gasteiger partial charge in [0.2, 0.25) is 0 Å². The van der Waals surface area contributed by atoms with Gasteiger partial charge in [-0.2, -0.15) is 0 Å². The summed E-state index contributed by atoms with van der Waals surface area (Å²) in [7, 11) is 0. The summed E-state index contributed by atoms with van der Waals surface area (Å²) >= 11 is 0. The maximum absolute atomic E-state index is 10.1. The summed E-state index contributed by atoms with van der Waals surface area (Å²) in [6, 6.07) is 16.2. The van der Waals surface area contributed by atoms with Crippen molar-refractivity contribution in [1.82, 2.24) is 4.98 Å². The van der Waals surface area contributed by atoms with Crippen LogP contribution in [-0.2, 0) is 6.42 Å². The number of hydrogen-bond acceptors (Lipinski definition) is 1. The summed E-state index contributed by atoms with van der Waals surface area (Å²) < 4.78 is 0. The molecule has 0 radical (unpaired) electrons. The quantitative estimate of drug-likeness (QED) is 0.620. The number of nitrogens with one attached hydrogen (secondary N) is 1. The van der Waals surface area contributed by atoms with Crippen LogP contribution < -0.4 is 5.32 Å². The van der Waals surface area contributed by atoms with Gasteiger partial charge < -0.3 is 15.4 Å². The highest BCUT2D eigenvalue weighted by atomic mass is 16.3. The zero-order valence-electron chi connectivity index (χ0n) is 11.1. The predicted octanol–water partition coefficient (Wildman–Crippen LogP) is 2.08. The lowest BCUT2D eigenvalue weighted by molar-refractivity contribution is -0.690. The van der Waals surface area contributed by atoms with Crippen molar-refractivity contribution < 1.29 is 10.4 Å². The number of aromatic amines is 1. The number of para-hydroxylation sites is 2. The Balaban J connectivity index is 1.92. The number of fused-ring (bicyclic) bond motifs is 3. The molecular weight excluding hydrogens is 248 g/mol. The summed E-state index contributed by atoms with van der Waals surface area (Å²) in [4.78, 5) is 3.55. The molecule has 0 spiro atoms. The molecule has 1 aliphatic heterocycles. The lowest BCUT2D eigenvalue weighted by Crippen LogP contribution is -2.87. The van der Waals surface area contributed by atoms with Crippen molar-refractivity contribution >= 4 is 10.9 Å². The maximum atomic E-state index is 10.1. The molecular formula is C17H17N2O+. The van der Waals surface area contributed by atoms with Crippen molar-refractivity contribution in [2.24, 2.45) is 0 Å². The van der Waals surface area contributed by atoms with Crippen LogP contribution in [-0.4, -0.2) is 16.6 Å². The Morgan fingerprint density at radius 1 is 1.05 bits per heavy atom. The molecule has 0 saturated carbocycles. The van der Waals surface area contributed by atoms with E-state index >= 15 is 0 Å². The lowest BCUT2D eigenvalue weighted by atomic mass is 9.94. The summed E-state index contributed by atoms with van der Waals surface area (Å²) in [6.45, 7) is 1.05. The van der Waals surface area contributed by atoms with Crippen molar-refractivity contribution in [3.63, 3.8) is 0 Å². The van der Waals surface area contributed by atoms with Crippen molar-refractivity contribution in [2.75, 3.05) is 6.54 Å². The first-order chi connectivity index (χ1) is 9.84. The van der Waals surface area contributed by atoms with Gasteiger partial charge >= 0.3 is 0 Å². The van der Waals surface area contributed by atoms with Gasteiger partial charge in [-0.15, -0.1) is 0 Å². The van der Waals surface area contributed by atoms with Gasteiger partial charge in [-0.25, -0.2) is 0 Å².